The van der Waals surface area contributed by atoms with Gasteiger partial charge in [-0.25, -0.2) is 0 Å². The van der Waals surface area contributed by atoms with Crippen molar-refractivity contribution in [2.75, 3.05) is 13.7 Å². The van der Waals surface area contributed by atoms with Gasteiger partial charge in [0.1, 0.15) is 5.75 Å². The molecule has 0 aromatic heterocycles. The highest BCUT2D eigenvalue weighted by Crippen LogP contribution is 2.49. The molecule has 0 unspecified atom stereocenters. The van der Waals surface area contributed by atoms with E-state index in [9.17, 15) is 0 Å². The van der Waals surface area contributed by atoms with Crippen LogP contribution in [0.2, 0.25) is 0 Å². The molecular weight excluding hydrogens is 254 g/mol. The second-order valence-corrected chi connectivity index (χ2v) is 5.09. The fourth-order valence-electron chi connectivity index (χ4n) is 1.95. The van der Waals surface area contributed by atoms with Crippen molar-refractivity contribution in [2.24, 2.45) is 5.73 Å². The van der Waals surface area contributed by atoms with Gasteiger partial charge < -0.3 is 10.5 Å². The molecule has 0 bridgehead atoms. The first-order valence-corrected chi connectivity index (χ1v) is 5.97. The minimum absolute atomic E-state index is 0.235. The van der Waals surface area contributed by atoms with E-state index in [2.05, 4.69) is 35.0 Å². The Morgan fingerprint density at radius 1 is 1.47 bits per heavy atom. The van der Waals surface area contributed by atoms with Crippen molar-refractivity contribution < 1.29 is 4.74 Å². The second-order valence-electron chi connectivity index (χ2n) is 4.29. The standard InChI is InChI=1S/C12H16BrNO/c1-8-5-9(12(7-14)3-4-12)6-10(15-2)11(8)13/h5-6H,3-4,7,14H2,1-2H3. The first kappa shape index (κ1) is 11.0. The molecular formula is C12H16BrNO. The van der Waals surface area contributed by atoms with Crippen LogP contribution in [0.15, 0.2) is 16.6 Å². The van der Waals surface area contributed by atoms with Crippen molar-refractivity contribution >= 4 is 15.9 Å². The van der Waals surface area contributed by atoms with Crippen molar-refractivity contribution in [3.63, 3.8) is 0 Å². The molecule has 0 heterocycles. The van der Waals surface area contributed by atoms with E-state index >= 15 is 0 Å². The van der Waals surface area contributed by atoms with Gasteiger partial charge in [-0.05, 0) is 52.9 Å². The van der Waals surface area contributed by atoms with Gasteiger partial charge >= 0.3 is 0 Å². The average Bonchev–Trinajstić information content (AvgIpc) is 3.02. The van der Waals surface area contributed by atoms with Crippen LogP contribution in [0, 0.1) is 6.92 Å². The predicted molar refractivity (Wildman–Crippen MR) is 65.4 cm³/mol. The van der Waals surface area contributed by atoms with Crippen LogP contribution in [0.3, 0.4) is 0 Å². The van der Waals surface area contributed by atoms with Crippen LogP contribution >= 0.6 is 15.9 Å². The zero-order valence-corrected chi connectivity index (χ0v) is 10.7. The Bertz CT molecular complexity index is 385. The zero-order valence-electron chi connectivity index (χ0n) is 9.14. The highest BCUT2D eigenvalue weighted by atomic mass is 79.9. The van der Waals surface area contributed by atoms with E-state index in [1.807, 2.05) is 0 Å². The average molecular weight is 270 g/mol. The third-order valence-electron chi connectivity index (χ3n) is 3.30. The third-order valence-corrected chi connectivity index (χ3v) is 4.31. The molecule has 0 radical (unpaired) electrons. The summed E-state index contributed by atoms with van der Waals surface area (Å²) >= 11 is 3.53. The van der Waals surface area contributed by atoms with Crippen LogP contribution in [0.1, 0.15) is 24.0 Å². The van der Waals surface area contributed by atoms with Crippen molar-refractivity contribution in [3.05, 3.63) is 27.7 Å². The lowest BCUT2D eigenvalue weighted by molar-refractivity contribution is 0.410. The van der Waals surface area contributed by atoms with E-state index in [0.717, 1.165) is 16.8 Å². The molecule has 0 atom stereocenters. The largest absolute Gasteiger partial charge is 0.496 e. The molecule has 0 aliphatic heterocycles. The molecule has 0 spiro atoms. The summed E-state index contributed by atoms with van der Waals surface area (Å²) in [5, 5.41) is 0. The smallest absolute Gasteiger partial charge is 0.133 e. The quantitative estimate of drug-likeness (QED) is 0.916. The SMILES string of the molecule is COc1cc(C2(CN)CC2)cc(C)c1Br. The van der Waals surface area contributed by atoms with Crippen molar-refractivity contribution in [3.8, 4) is 5.75 Å². The summed E-state index contributed by atoms with van der Waals surface area (Å²) in [4.78, 5) is 0. The van der Waals surface area contributed by atoms with Gasteiger partial charge in [0.15, 0.2) is 0 Å². The molecule has 1 aliphatic rings. The second kappa shape index (κ2) is 3.80. The number of hydrogen-bond donors (Lipinski definition) is 1. The molecule has 0 saturated heterocycles. The summed E-state index contributed by atoms with van der Waals surface area (Å²) in [6, 6.07) is 4.32. The van der Waals surface area contributed by atoms with Crippen LogP contribution in [0.5, 0.6) is 5.75 Å². The molecule has 1 aromatic rings. The summed E-state index contributed by atoms with van der Waals surface area (Å²) in [6.45, 7) is 2.82. The maximum atomic E-state index is 5.83. The number of methoxy groups -OCH3 is 1. The van der Waals surface area contributed by atoms with Crippen LogP contribution in [0.25, 0.3) is 0 Å². The predicted octanol–water partition coefficient (Wildman–Crippen LogP) is 2.76. The molecule has 2 rings (SSSR count). The summed E-state index contributed by atoms with van der Waals surface area (Å²) in [5.41, 5.74) is 8.60. The van der Waals surface area contributed by atoms with Gasteiger partial charge in [0.2, 0.25) is 0 Å². The van der Waals surface area contributed by atoms with Crippen LogP contribution in [-0.2, 0) is 5.41 Å². The van der Waals surface area contributed by atoms with E-state index in [0.29, 0.717) is 0 Å². The zero-order chi connectivity index (χ0) is 11.1. The summed E-state index contributed by atoms with van der Waals surface area (Å²) < 4.78 is 6.39. The molecule has 15 heavy (non-hydrogen) atoms. The Labute approximate surface area is 98.9 Å². The van der Waals surface area contributed by atoms with E-state index in [4.69, 9.17) is 10.5 Å². The van der Waals surface area contributed by atoms with Gasteiger partial charge in [-0.3, -0.25) is 0 Å². The number of ether oxygens (including phenoxy) is 1. The first-order valence-electron chi connectivity index (χ1n) is 5.17. The molecule has 1 fully saturated rings. The minimum atomic E-state index is 0.235. The number of benzene rings is 1. The molecule has 1 aromatic carbocycles. The summed E-state index contributed by atoms with van der Waals surface area (Å²) in [7, 11) is 1.70. The van der Waals surface area contributed by atoms with Gasteiger partial charge in [-0.15, -0.1) is 0 Å². The van der Waals surface area contributed by atoms with Gasteiger partial charge in [0, 0.05) is 12.0 Å². The van der Waals surface area contributed by atoms with Gasteiger partial charge in [-0.2, -0.15) is 0 Å². The number of halogens is 1. The minimum Gasteiger partial charge on any atom is -0.496 e. The monoisotopic (exact) mass is 269 g/mol. The molecule has 82 valence electrons. The molecule has 2 nitrogen and oxygen atoms in total. The van der Waals surface area contributed by atoms with E-state index in [1.165, 1.54) is 24.0 Å². The lowest BCUT2D eigenvalue weighted by Crippen LogP contribution is -2.19. The van der Waals surface area contributed by atoms with E-state index < -0.39 is 0 Å². The first-order chi connectivity index (χ1) is 7.13. The highest BCUT2D eigenvalue weighted by molar-refractivity contribution is 9.10. The van der Waals surface area contributed by atoms with Crippen LogP contribution in [0.4, 0.5) is 0 Å². The summed E-state index contributed by atoms with van der Waals surface area (Å²) in [5.74, 6) is 0.907. The molecule has 1 saturated carbocycles. The topological polar surface area (TPSA) is 35.2 Å². The fourth-order valence-corrected chi connectivity index (χ4v) is 2.34. The molecule has 2 N–H and O–H groups in total. The van der Waals surface area contributed by atoms with Crippen LogP contribution in [-0.4, -0.2) is 13.7 Å². The maximum absolute atomic E-state index is 5.83. The Kier molecular flexibility index (Phi) is 2.77. The van der Waals surface area contributed by atoms with Gasteiger partial charge in [0.25, 0.3) is 0 Å². The highest BCUT2D eigenvalue weighted by Gasteiger charge is 2.43. The Hall–Kier alpha value is -0.540. The Morgan fingerprint density at radius 2 is 2.13 bits per heavy atom. The van der Waals surface area contributed by atoms with Gasteiger partial charge in [-0.1, -0.05) is 6.07 Å². The van der Waals surface area contributed by atoms with E-state index in [1.54, 1.807) is 7.11 Å². The Balaban J connectivity index is 2.46. The van der Waals surface area contributed by atoms with Crippen molar-refractivity contribution in [1.29, 1.82) is 0 Å². The number of nitrogens with two attached hydrogens (primary N) is 1. The van der Waals surface area contributed by atoms with Gasteiger partial charge in [0.05, 0.1) is 11.6 Å². The Morgan fingerprint density at radius 3 is 2.60 bits per heavy atom. The molecule has 1 aliphatic carbocycles. The van der Waals surface area contributed by atoms with E-state index in [-0.39, 0.29) is 5.41 Å². The lowest BCUT2D eigenvalue weighted by Gasteiger charge is -2.16. The van der Waals surface area contributed by atoms with Crippen molar-refractivity contribution in [2.45, 2.75) is 25.2 Å². The lowest BCUT2D eigenvalue weighted by atomic mass is 9.94. The number of rotatable bonds is 3. The van der Waals surface area contributed by atoms with Crippen molar-refractivity contribution in [1.82, 2.24) is 0 Å². The fraction of sp³-hybridized carbons (Fsp3) is 0.500. The third kappa shape index (κ3) is 1.79. The molecule has 3 heteroatoms. The number of aryl methyl sites for hydroxylation is 1. The number of hydrogen-bond acceptors (Lipinski definition) is 2. The van der Waals surface area contributed by atoms with Crippen LogP contribution < -0.4 is 10.5 Å². The maximum Gasteiger partial charge on any atom is 0.133 e. The normalized spacial score (nSPS) is 17.6. The molecule has 0 amide bonds. The summed E-state index contributed by atoms with van der Waals surface area (Å²) in [6.07, 6.45) is 2.40.